The topological polar surface area (TPSA) is 92.3 Å². The van der Waals surface area contributed by atoms with Gasteiger partial charge in [0.1, 0.15) is 5.01 Å². The van der Waals surface area contributed by atoms with Crippen LogP contribution in [0, 0.1) is 0 Å². The third-order valence-corrected chi connectivity index (χ3v) is 8.82. The summed E-state index contributed by atoms with van der Waals surface area (Å²) < 4.78 is 28.4. The van der Waals surface area contributed by atoms with Crippen molar-refractivity contribution in [3.05, 3.63) is 106 Å². The molecule has 1 amide bonds. The van der Waals surface area contributed by atoms with Gasteiger partial charge in [-0.3, -0.25) is 4.79 Å². The Morgan fingerprint density at radius 3 is 2.28 bits per heavy atom. The predicted molar refractivity (Wildman–Crippen MR) is 146 cm³/mol. The molecule has 4 aromatic rings. The van der Waals surface area contributed by atoms with Crippen molar-refractivity contribution in [3.63, 3.8) is 0 Å². The van der Waals surface area contributed by atoms with E-state index in [2.05, 4.69) is 31.4 Å². The molecule has 0 aliphatic heterocycles. The Hall–Kier alpha value is -2.92. The smallest absolute Gasteiger partial charge is 0.242 e. The first-order chi connectivity index (χ1) is 17.3. The Morgan fingerprint density at radius 1 is 0.972 bits per heavy atom. The summed E-state index contributed by atoms with van der Waals surface area (Å²) in [4.78, 5) is 13.2. The normalized spacial score (nSPS) is 12.4. The lowest BCUT2D eigenvalue weighted by Gasteiger charge is -2.24. The molecule has 1 atom stereocenters. The Labute approximate surface area is 223 Å². The average Bonchev–Trinajstić information content (AvgIpc) is 3.31. The van der Waals surface area contributed by atoms with Crippen molar-refractivity contribution in [1.82, 2.24) is 14.5 Å². The first-order valence-electron chi connectivity index (χ1n) is 11.2. The van der Waals surface area contributed by atoms with Crippen LogP contribution in [0.25, 0.3) is 0 Å². The zero-order valence-electron chi connectivity index (χ0n) is 19.5. The van der Waals surface area contributed by atoms with Gasteiger partial charge < -0.3 is 5.32 Å². The van der Waals surface area contributed by atoms with Crippen LogP contribution in [-0.2, 0) is 21.2 Å². The number of hydrogen-bond acceptors (Lipinski definition) is 6. The second-order valence-corrected chi connectivity index (χ2v) is 12.3. The van der Waals surface area contributed by atoms with Gasteiger partial charge >= 0.3 is 0 Å². The number of carbonyl (C=O) groups is 1. The van der Waals surface area contributed by atoms with Gasteiger partial charge in [0.25, 0.3) is 0 Å². The van der Waals surface area contributed by atoms with E-state index in [0.717, 1.165) is 20.6 Å². The minimum absolute atomic E-state index is 0.0950. The van der Waals surface area contributed by atoms with E-state index in [4.69, 9.17) is 0 Å². The van der Waals surface area contributed by atoms with Gasteiger partial charge in [-0.15, -0.1) is 10.2 Å². The van der Waals surface area contributed by atoms with Gasteiger partial charge in [-0.25, -0.2) is 12.7 Å². The number of amides is 1. The van der Waals surface area contributed by atoms with E-state index >= 15 is 0 Å². The molecule has 0 radical (unpaired) electrons. The first kappa shape index (κ1) is 26.2. The molecular weight excluding hydrogens is 560 g/mol. The summed E-state index contributed by atoms with van der Waals surface area (Å²) in [5.74, 6) is -0.598. The van der Waals surface area contributed by atoms with Crippen LogP contribution in [0.4, 0.5) is 5.13 Å². The summed E-state index contributed by atoms with van der Waals surface area (Å²) in [7, 11) is -2.19. The third-order valence-electron chi connectivity index (χ3n) is 5.61. The highest BCUT2D eigenvalue weighted by atomic mass is 79.9. The van der Waals surface area contributed by atoms with E-state index in [9.17, 15) is 13.2 Å². The largest absolute Gasteiger partial charge is 0.301 e. The number of sulfonamides is 1. The minimum Gasteiger partial charge on any atom is -0.301 e. The maximum absolute atomic E-state index is 13.1. The second kappa shape index (κ2) is 11.9. The van der Waals surface area contributed by atoms with E-state index in [1.165, 1.54) is 22.7 Å². The zero-order valence-corrected chi connectivity index (χ0v) is 22.8. The van der Waals surface area contributed by atoms with Gasteiger partial charge in [-0.05, 0) is 35.4 Å². The standard InChI is InChI=1S/C26H25BrN4O3S2/c1-31(36(33,34)23-14-12-22(27)13-15-23)18-21(20-10-6-3-7-11-20)17-24(32)28-26-30-29-25(35-26)16-19-8-4-2-5-9-19/h2-15,21H,16-18H2,1H3,(H,28,30,32)/t21-/m1/s1. The molecule has 1 N–H and O–H groups in total. The quantitative estimate of drug-likeness (QED) is 0.272. The fourth-order valence-electron chi connectivity index (χ4n) is 3.75. The Bertz CT molecular complexity index is 1400. The van der Waals surface area contributed by atoms with Crippen molar-refractivity contribution < 1.29 is 13.2 Å². The second-order valence-electron chi connectivity index (χ2n) is 8.26. The summed E-state index contributed by atoms with van der Waals surface area (Å²) in [6.45, 7) is 0.144. The number of carbonyl (C=O) groups excluding carboxylic acids is 1. The van der Waals surface area contributed by atoms with Gasteiger partial charge in [0.2, 0.25) is 21.1 Å². The number of likely N-dealkylation sites (N-methyl/N-ethyl adjacent to an activating group) is 1. The van der Waals surface area contributed by atoms with E-state index in [1.54, 1.807) is 24.3 Å². The summed E-state index contributed by atoms with van der Waals surface area (Å²) in [6, 6.07) is 25.9. The van der Waals surface area contributed by atoms with Crippen molar-refractivity contribution in [1.29, 1.82) is 0 Å². The molecule has 1 aromatic heterocycles. The van der Waals surface area contributed by atoms with Gasteiger partial charge in [0.05, 0.1) is 4.90 Å². The molecule has 0 saturated heterocycles. The molecule has 4 rings (SSSR count). The number of benzene rings is 3. The zero-order chi connectivity index (χ0) is 25.5. The molecule has 0 spiro atoms. The van der Waals surface area contributed by atoms with E-state index in [-0.39, 0.29) is 29.7 Å². The number of anilines is 1. The number of rotatable bonds is 10. The molecular formula is C26H25BrN4O3S2. The highest BCUT2D eigenvalue weighted by molar-refractivity contribution is 9.10. The highest BCUT2D eigenvalue weighted by Crippen LogP contribution is 2.26. The van der Waals surface area contributed by atoms with Crippen LogP contribution in [0.5, 0.6) is 0 Å². The molecule has 0 aliphatic rings. The van der Waals surface area contributed by atoms with Crippen LogP contribution in [0.15, 0.2) is 94.3 Å². The van der Waals surface area contributed by atoms with Crippen molar-refractivity contribution >= 4 is 48.3 Å². The summed E-state index contributed by atoms with van der Waals surface area (Å²) >= 11 is 4.66. The van der Waals surface area contributed by atoms with Crippen LogP contribution < -0.4 is 5.32 Å². The van der Waals surface area contributed by atoms with Gasteiger partial charge in [-0.1, -0.05) is 87.9 Å². The van der Waals surface area contributed by atoms with E-state index < -0.39 is 10.0 Å². The lowest BCUT2D eigenvalue weighted by Crippen LogP contribution is -2.32. The fourth-order valence-corrected chi connectivity index (χ4v) is 6.02. The van der Waals surface area contributed by atoms with E-state index in [1.807, 2.05) is 60.7 Å². The first-order valence-corrected chi connectivity index (χ1v) is 14.3. The lowest BCUT2D eigenvalue weighted by atomic mass is 9.95. The molecule has 0 bridgehead atoms. The minimum atomic E-state index is -3.72. The molecule has 186 valence electrons. The number of nitrogens with zero attached hydrogens (tertiary/aromatic N) is 3. The van der Waals surface area contributed by atoms with Gasteiger partial charge in [0.15, 0.2) is 0 Å². The maximum atomic E-state index is 13.1. The monoisotopic (exact) mass is 584 g/mol. The predicted octanol–water partition coefficient (Wildman–Crippen LogP) is 5.32. The molecule has 10 heteroatoms. The third kappa shape index (κ3) is 6.85. The van der Waals surface area contributed by atoms with Crippen LogP contribution in [0.3, 0.4) is 0 Å². The van der Waals surface area contributed by atoms with Crippen LogP contribution in [0.2, 0.25) is 0 Å². The number of hydrogen-bond donors (Lipinski definition) is 1. The number of aromatic nitrogens is 2. The summed E-state index contributed by atoms with van der Waals surface area (Å²) in [6.07, 6.45) is 0.734. The van der Waals surface area contributed by atoms with Crippen LogP contribution in [-0.4, -0.2) is 42.4 Å². The molecule has 0 aliphatic carbocycles. The Morgan fingerprint density at radius 2 is 1.61 bits per heavy atom. The van der Waals surface area contributed by atoms with E-state index in [0.29, 0.717) is 11.6 Å². The summed E-state index contributed by atoms with van der Waals surface area (Å²) in [5.41, 5.74) is 2.00. The van der Waals surface area contributed by atoms with Crippen molar-refractivity contribution in [3.8, 4) is 0 Å². The lowest BCUT2D eigenvalue weighted by molar-refractivity contribution is -0.116. The SMILES string of the molecule is CN(C[C@@H](CC(=O)Nc1nnc(Cc2ccccc2)s1)c1ccccc1)S(=O)(=O)c1ccc(Br)cc1. The van der Waals surface area contributed by atoms with Gasteiger partial charge in [0, 0.05) is 36.8 Å². The fraction of sp³-hybridized carbons (Fsp3) is 0.192. The average molecular weight is 586 g/mol. The Balaban J connectivity index is 1.45. The summed E-state index contributed by atoms with van der Waals surface area (Å²) in [5, 5.41) is 12.3. The highest BCUT2D eigenvalue weighted by Gasteiger charge is 2.26. The van der Waals surface area contributed by atoms with Crippen molar-refractivity contribution in [2.45, 2.75) is 23.7 Å². The van der Waals surface area contributed by atoms with Crippen molar-refractivity contribution in [2.24, 2.45) is 0 Å². The van der Waals surface area contributed by atoms with Crippen molar-refractivity contribution in [2.75, 3.05) is 18.9 Å². The maximum Gasteiger partial charge on any atom is 0.242 e. The molecule has 0 saturated carbocycles. The van der Waals surface area contributed by atoms with Crippen LogP contribution >= 0.6 is 27.3 Å². The number of halogens is 1. The van der Waals surface area contributed by atoms with Gasteiger partial charge in [-0.2, -0.15) is 0 Å². The molecule has 1 heterocycles. The molecule has 0 fully saturated rings. The molecule has 7 nitrogen and oxygen atoms in total. The molecule has 3 aromatic carbocycles. The molecule has 0 unspecified atom stereocenters. The molecule has 36 heavy (non-hydrogen) atoms. The van der Waals surface area contributed by atoms with Crippen LogP contribution in [0.1, 0.15) is 28.5 Å². The number of nitrogens with one attached hydrogen (secondary N) is 1. The Kier molecular flexibility index (Phi) is 8.63.